The summed E-state index contributed by atoms with van der Waals surface area (Å²) in [6.07, 6.45) is -0.447. The van der Waals surface area contributed by atoms with Gasteiger partial charge in [0.1, 0.15) is 24.6 Å². The summed E-state index contributed by atoms with van der Waals surface area (Å²) in [5.41, 5.74) is 4.28. The van der Waals surface area contributed by atoms with Crippen molar-refractivity contribution < 1.29 is 52.3 Å². The normalized spacial score (nSPS) is 23.3. The highest BCUT2D eigenvalue weighted by Gasteiger charge is 2.54. The standard InChI is InChI=1S/C40H43ClN2O11/c1-47-25-10-11-26-27-12-13-43-19-23-16-33(37(50-4)34(39(45)51-5)28(23)18-30(43)35(27)42-29(26)17-25)53-38(44)22-14-31(48-2)36(32(15-22)49-3)54-40(46)52-20-21-6-8-24(41)9-7-21/h6-11,14-15,17,23,28,30,33-34,37,42H,12-13,16,18-20H2,1-5H3. The van der Waals surface area contributed by atoms with E-state index in [1.54, 1.807) is 31.4 Å². The van der Waals surface area contributed by atoms with Gasteiger partial charge in [0.2, 0.25) is 5.75 Å². The maximum Gasteiger partial charge on any atom is 0.514 e. The second-order valence-electron chi connectivity index (χ2n) is 13.8. The minimum absolute atomic E-state index is 0.0271. The van der Waals surface area contributed by atoms with Crippen LogP contribution < -0.4 is 18.9 Å². The molecule has 3 aliphatic rings. The highest BCUT2D eigenvalue weighted by atomic mass is 35.5. The smallest absolute Gasteiger partial charge is 0.497 e. The Kier molecular flexibility index (Phi) is 10.9. The first-order valence-electron chi connectivity index (χ1n) is 17.7. The molecule has 13 nitrogen and oxygen atoms in total. The number of aromatic nitrogens is 1. The van der Waals surface area contributed by atoms with Crippen molar-refractivity contribution in [2.45, 2.75) is 44.1 Å². The number of nitrogens with zero attached hydrogens (tertiary/aromatic N) is 1. The molecule has 6 atom stereocenters. The van der Waals surface area contributed by atoms with E-state index < -0.39 is 36.2 Å². The van der Waals surface area contributed by atoms with Gasteiger partial charge in [-0.15, -0.1) is 0 Å². The first kappa shape index (κ1) is 37.3. The van der Waals surface area contributed by atoms with Crippen molar-refractivity contribution in [2.24, 2.45) is 17.8 Å². The van der Waals surface area contributed by atoms with Crippen molar-refractivity contribution in [2.75, 3.05) is 48.6 Å². The van der Waals surface area contributed by atoms with E-state index >= 15 is 0 Å². The van der Waals surface area contributed by atoms with Crippen LogP contribution in [-0.2, 0) is 36.8 Å². The monoisotopic (exact) mass is 762 g/mol. The van der Waals surface area contributed by atoms with Gasteiger partial charge in [0.25, 0.3) is 0 Å². The fraction of sp³-hybridized carbons (Fsp3) is 0.425. The van der Waals surface area contributed by atoms with Gasteiger partial charge in [0, 0.05) is 47.9 Å². The van der Waals surface area contributed by atoms with Crippen LogP contribution >= 0.6 is 11.6 Å². The Balaban J connectivity index is 1.10. The second kappa shape index (κ2) is 15.8. The van der Waals surface area contributed by atoms with Crippen LogP contribution in [0.25, 0.3) is 10.9 Å². The topological polar surface area (TPSA) is 144 Å². The third-order valence-electron chi connectivity index (χ3n) is 11.0. The fourth-order valence-electron chi connectivity index (χ4n) is 8.50. The fourth-order valence-corrected chi connectivity index (χ4v) is 8.62. The van der Waals surface area contributed by atoms with E-state index in [0.717, 1.165) is 24.2 Å². The summed E-state index contributed by atoms with van der Waals surface area (Å²) in [4.78, 5) is 46.2. The predicted molar refractivity (Wildman–Crippen MR) is 196 cm³/mol. The van der Waals surface area contributed by atoms with Crippen molar-refractivity contribution >= 4 is 40.6 Å². The highest BCUT2D eigenvalue weighted by Crippen LogP contribution is 2.51. The maximum absolute atomic E-state index is 13.9. The van der Waals surface area contributed by atoms with Gasteiger partial charge < -0.3 is 42.9 Å². The molecule has 4 aromatic rings. The molecule has 1 aliphatic carbocycles. The van der Waals surface area contributed by atoms with Crippen LogP contribution in [0.5, 0.6) is 23.0 Å². The summed E-state index contributed by atoms with van der Waals surface area (Å²) in [7, 11) is 7.28. The number of carbonyl (C=O) groups excluding carboxylic acids is 3. The molecule has 0 radical (unpaired) electrons. The molecule has 0 spiro atoms. The number of nitrogens with one attached hydrogen (secondary N) is 1. The number of benzene rings is 3. The van der Waals surface area contributed by atoms with Gasteiger partial charge in [-0.25, -0.2) is 9.59 Å². The minimum Gasteiger partial charge on any atom is -0.497 e. The Morgan fingerprint density at radius 1 is 0.907 bits per heavy atom. The van der Waals surface area contributed by atoms with Crippen molar-refractivity contribution in [1.82, 2.24) is 9.88 Å². The lowest BCUT2D eigenvalue weighted by molar-refractivity contribution is -0.176. The van der Waals surface area contributed by atoms with Crippen molar-refractivity contribution in [3.05, 3.63) is 82.0 Å². The van der Waals surface area contributed by atoms with Gasteiger partial charge in [-0.1, -0.05) is 23.7 Å². The van der Waals surface area contributed by atoms with Gasteiger partial charge in [0.15, 0.2) is 11.5 Å². The molecule has 1 N–H and O–H groups in total. The zero-order valence-corrected chi connectivity index (χ0v) is 31.5. The Labute approximate surface area is 317 Å². The zero-order valence-electron chi connectivity index (χ0n) is 30.7. The van der Waals surface area contributed by atoms with E-state index in [-0.39, 0.29) is 47.3 Å². The van der Waals surface area contributed by atoms with Crippen molar-refractivity contribution in [3.8, 4) is 23.0 Å². The lowest BCUT2D eigenvalue weighted by Crippen LogP contribution is -2.58. The van der Waals surface area contributed by atoms with Gasteiger partial charge >= 0.3 is 18.1 Å². The Hall–Kier alpha value is -4.98. The molecule has 286 valence electrons. The molecule has 3 aromatic carbocycles. The summed E-state index contributed by atoms with van der Waals surface area (Å²) >= 11 is 5.94. The summed E-state index contributed by atoms with van der Waals surface area (Å²) in [5, 5.41) is 1.74. The highest BCUT2D eigenvalue weighted by molar-refractivity contribution is 6.30. The lowest BCUT2D eigenvalue weighted by Gasteiger charge is -2.52. The number of fused-ring (bicyclic) bond motifs is 6. The first-order valence-corrected chi connectivity index (χ1v) is 18.1. The summed E-state index contributed by atoms with van der Waals surface area (Å²) < 4.78 is 44.7. The first-order chi connectivity index (χ1) is 26.2. The molecule has 3 heterocycles. The van der Waals surface area contributed by atoms with Gasteiger partial charge in [0.05, 0.1) is 46.0 Å². The van der Waals surface area contributed by atoms with E-state index in [9.17, 15) is 14.4 Å². The van der Waals surface area contributed by atoms with E-state index in [4.69, 9.17) is 49.5 Å². The molecule has 54 heavy (non-hydrogen) atoms. The number of rotatable bonds is 10. The molecule has 2 aliphatic heterocycles. The zero-order chi connectivity index (χ0) is 38.1. The number of H-pyrrole nitrogens is 1. The van der Waals surface area contributed by atoms with E-state index in [1.807, 2.05) is 12.1 Å². The largest absolute Gasteiger partial charge is 0.514 e. The average molecular weight is 763 g/mol. The Morgan fingerprint density at radius 3 is 2.31 bits per heavy atom. The van der Waals surface area contributed by atoms with Crippen LogP contribution in [-0.4, -0.2) is 88.8 Å². The van der Waals surface area contributed by atoms with Crippen LogP contribution in [0.2, 0.25) is 5.02 Å². The number of hydrogen-bond acceptors (Lipinski definition) is 12. The Morgan fingerprint density at radius 2 is 1.65 bits per heavy atom. The predicted octanol–water partition coefficient (Wildman–Crippen LogP) is 6.53. The molecule has 1 saturated carbocycles. The minimum atomic E-state index is -1.00. The number of piperidine rings is 1. The number of halogens is 1. The van der Waals surface area contributed by atoms with Crippen molar-refractivity contribution in [3.63, 3.8) is 0 Å². The number of ether oxygens (including phenoxy) is 8. The van der Waals surface area contributed by atoms with Gasteiger partial charge in [-0.3, -0.25) is 9.69 Å². The third-order valence-corrected chi connectivity index (χ3v) is 11.3. The molecule has 7 rings (SSSR count). The third kappa shape index (κ3) is 7.15. The summed E-state index contributed by atoms with van der Waals surface area (Å²) in [6.45, 7) is 1.52. The molecule has 14 heteroatoms. The number of aromatic amines is 1. The Bertz CT molecular complexity index is 2010. The number of hydrogen-bond donors (Lipinski definition) is 1. The molecular weight excluding hydrogens is 720 g/mol. The number of esters is 2. The quantitative estimate of drug-likeness (QED) is 0.107. The summed E-state index contributed by atoms with van der Waals surface area (Å²) in [6, 6.07) is 15.8. The van der Waals surface area contributed by atoms with E-state index in [1.165, 1.54) is 57.2 Å². The maximum atomic E-state index is 13.9. The van der Waals surface area contributed by atoms with Crippen molar-refractivity contribution in [1.29, 1.82) is 0 Å². The summed E-state index contributed by atoms with van der Waals surface area (Å²) in [5.74, 6) is -1.03. The molecule has 0 amide bonds. The van der Waals surface area contributed by atoms with E-state index in [2.05, 4.69) is 16.0 Å². The van der Waals surface area contributed by atoms with Crippen LogP contribution in [0.4, 0.5) is 4.79 Å². The molecule has 2 fully saturated rings. The van der Waals surface area contributed by atoms with Gasteiger partial charge in [-0.2, -0.15) is 0 Å². The molecule has 0 bridgehead atoms. The molecule has 6 unspecified atom stereocenters. The van der Waals surface area contributed by atoms with Crippen LogP contribution in [0.3, 0.4) is 0 Å². The number of methoxy groups -OCH3 is 5. The van der Waals surface area contributed by atoms with Crippen LogP contribution in [0, 0.1) is 17.8 Å². The molecular formula is C40H43ClN2O11. The molecule has 1 saturated heterocycles. The molecule has 1 aromatic heterocycles. The average Bonchev–Trinajstić information content (AvgIpc) is 3.57. The second-order valence-corrected chi connectivity index (χ2v) is 14.2. The SMILES string of the molecule is COC(=O)C1C2CC3c4[nH]c5cc(OC)ccc5c4CCN3CC2CC(OC(=O)c2cc(OC)c(OC(=O)OCc3ccc(Cl)cc3)c(OC)c2)C1OC. The van der Waals surface area contributed by atoms with Crippen LogP contribution in [0.1, 0.15) is 46.1 Å². The van der Waals surface area contributed by atoms with E-state index in [0.29, 0.717) is 30.0 Å². The lowest BCUT2D eigenvalue weighted by atomic mass is 9.63. The van der Waals surface area contributed by atoms with Crippen LogP contribution in [0.15, 0.2) is 54.6 Å². The van der Waals surface area contributed by atoms with Gasteiger partial charge in [-0.05, 0) is 78.6 Å². The number of carbonyl (C=O) groups is 3.